The standard InChI is InChI=1S/C84H40N14/c1-90-62-23-28-66(74(43-62)92-3)57-20-32-79-72(40-57)73-41-58(67-29-24-63(91-2)44-75(67)93-4)21-33-80(73)98(79)81-37-52(47-87)17-27-68(81)69-42-59(84-95-82(53-11-7-5-8-12-53)94-83(96-84)54-13-9-6-10-14-54)22-34-76(69)97-77-30-18-55(64-25-15-50(45-85)35-60(64)48-88)38-70(77)71-39-56(19-31-78(71)97)65-26-16-51(46-86)36-61(65)49-89/h5-44H. The summed E-state index contributed by atoms with van der Waals surface area (Å²) in [6.45, 7) is 31.9. The molecule has 14 nitrogen and oxygen atoms in total. The molecule has 0 unspecified atom stereocenters. The smallest absolute Gasteiger partial charge is 0.184 e. The topological polar surface area (TPSA) is 185 Å². The largest absolute Gasteiger partial charge is 0.309 e. The molecule has 3 aromatic heterocycles. The van der Waals surface area contributed by atoms with Crippen molar-refractivity contribution >= 4 is 66.4 Å². The van der Waals surface area contributed by atoms with E-state index >= 15 is 0 Å². The van der Waals surface area contributed by atoms with Crippen LogP contribution in [-0.4, -0.2) is 24.1 Å². The number of hydrogen-bond donors (Lipinski definition) is 0. The molecule has 12 aromatic carbocycles. The van der Waals surface area contributed by atoms with Crippen LogP contribution in [-0.2, 0) is 0 Å². The Kier molecular flexibility index (Phi) is 14.7. The number of fused-ring (bicyclic) bond motifs is 6. The summed E-state index contributed by atoms with van der Waals surface area (Å²) in [4.78, 5) is 30.4. The monoisotopic (exact) mass is 1240 g/mol. The van der Waals surface area contributed by atoms with Gasteiger partial charge in [-0.2, -0.15) is 26.3 Å². The first-order chi connectivity index (χ1) is 48.1. The third-order valence-corrected chi connectivity index (χ3v) is 17.6. The molecule has 0 saturated carbocycles. The van der Waals surface area contributed by atoms with Crippen LogP contribution in [0, 0.1) is 82.9 Å². The van der Waals surface area contributed by atoms with Crippen molar-refractivity contribution in [1.82, 2.24) is 24.1 Å². The number of hydrogen-bond acceptors (Lipinski definition) is 8. The van der Waals surface area contributed by atoms with Gasteiger partial charge in [-0.3, -0.25) is 0 Å². The van der Waals surface area contributed by atoms with Crippen LogP contribution in [0.25, 0.3) is 164 Å². The Labute approximate surface area is 561 Å². The fraction of sp³-hybridized carbons (Fsp3) is 0. The lowest BCUT2D eigenvalue weighted by atomic mass is 9.95. The van der Waals surface area contributed by atoms with Crippen molar-refractivity contribution in [3.05, 3.63) is 316 Å². The van der Waals surface area contributed by atoms with Gasteiger partial charge in [-0.15, -0.1) is 0 Å². The van der Waals surface area contributed by atoms with Crippen LogP contribution in [0.3, 0.4) is 0 Å². The predicted molar refractivity (Wildman–Crippen MR) is 381 cm³/mol. The molecule has 15 rings (SSSR count). The van der Waals surface area contributed by atoms with Crippen LogP contribution in [0.5, 0.6) is 0 Å². The maximum absolute atomic E-state index is 11.0. The third-order valence-electron chi connectivity index (χ3n) is 17.6. The Balaban J connectivity index is 1.05. The molecule has 0 fully saturated rings. The molecule has 0 aliphatic carbocycles. The van der Waals surface area contributed by atoms with Gasteiger partial charge in [-0.05, 0) is 148 Å². The average Bonchev–Trinajstić information content (AvgIpc) is 1.60. The van der Waals surface area contributed by atoms with Crippen molar-refractivity contribution in [3.63, 3.8) is 0 Å². The summed E-state index contributed by atoms with van der Waals surface area (Å²) >= 11 is 0. The zero-order valence-corrected chi connectivity index (χ0v) is 51.4. The summed E-state index contributed by atoms with van der Waals surface area (Å²) in [5, 5.41) is 55.0. The maximum Gasteiger partial charge on any atom is 0.184 e. The molecule has 15 aromatic rings. The summed E-state index contributed by atoms with van der Waals surface area (Å²) in [6, 6.07) is 86.7. The minimum Gasteiger partial charge on any atom is -0.309 e. The molecule has 0 aliphatic rings. The van der Waals surface area contributed by atoms with Crippen molar-refractivity contribution in [2.45, 2.75) is 0 Å². The highest BCUT2D eigenvalue weighted by atomic mass is 15.0. The molecule has 0 saturated heterocycles. The second-order valence-corrected chi connectivity index (χ2v) is 23.0. The second kappa shape index (κ2) is 24.4. The molecular weight excluding hydrogens is 1210 g/mol. The van der Waals surface area contributed by atoms with Gasteiger partial charge in [0, 0.05) is 49.4 Å². The molecular formula is C84H40N14. The van der Waals surface area contributed by atoms with Crippen LogP contribution >= 0.6 is 0 Å². The quantitative estimate of drug-likeness (QED) is 0.121. The highest BCUT2D eigenvalue weighted by Gasteiger charge is 2.26. The summed E-state index contributed by atoms with van der Waals surface area (Å²) in [5.74, 6) is 1.29. The third kappa shape index (κ3) is 10.1. The van der Waals surface area contributed by atoms with Gasteiger partial charge >= 0.3 is 0 Å². The van der Waals surface area contributed by atoms with E-state index in [-0.39, 0.29) is 0 Å². The van der Waals surface area contributed by atoms with E-state index in [4.69, 9.17) is 41.2 Å². The van der Waals surface area contributed by atoms with Crippen LogP contribution in [0.1, 0.15) is 27.8 Å². The molecule has 0 N–H and O–H groups in total. The fourth-order valence-electron chi connectivity index (χ4n) is 13.0. The first-order valence-electron chi connectivity index (χ1n) is 30.5. The lowest BCUT2D eigenvalue weighted by molar-refractivity contribution is 1.07. The normalized spacial score (nSPS) is 10.8. The Bertz CT molecular complexity index is 6050. The molecule has 3 heterocycles. The van der Waals surface area contributed by atoms with E-state index < -0.39 is 0 Å². The van der Waals surface area contributed by atoms with E-state index in [0.717, 1.165) is 77.0 Å². The van der Waals surface area contributed by atoms with Crippen LogP contribution in [0.2, 0.25) is 0 Å². The number of rotatable bonds is 10. The minimum absolute atomic E-state index is 0.310. The van der Waals surface area contributed by atoms with Crippen LogP contribution in [0.4, 0.5) is 22.7 Å². The van der Waals surface area contributed by atoms with Crippen molar-refractivity contribution in [1.29, 1.82) is 26.3 Å². The van der Waals surface area contributed by atoms with Gasteiger partial charge in [0.25, 0.3) is 0 Å². The van der Waals surface area contributed by atoms with Gasteiger partial charge in [0.15, 0.2) is 40.2 Å². The van der Waals surface area contributed by atoms with Crippen molar-refractivity contribution in [2.75, 3.05) is 0 Å². The average molecular weight is 1250 g/mol. The van der Waals surface area contributed by atoms with E-state index in [1.165, 1.54) is 0 Å². The van der Waals surface area contributed by atoms with Crippen molar-refractivity contribution in [3.8, 4) is 132 Å². The molecule has 0 bridgehead atoms. The first-order valence-corrected chi connectivity index (χ1v) is 30.5. The molecule has 0 radical (unpaired) electrons. The maximum atomic E-state index is 11.0. The lowest BCUT2D eigenvalue weighted by Crippen LogP contribution is -2.04. The Hall–Kier alpha value is -15.3. The van der Waals surface area contributed by atoms with Gasteiger partial charge in [-0.25, -0.2) is 34.3 Å². The fourth-order valence-corrected chi connectivity index (χ4v) is 13.0. The highest BCUT2D eigenvalue weighted by Crippen LogP contribution is 2.47. The molecule has 14 heteroatoms. The zero-order valence-electron chi connectivity index (χ0n) is 51.4. The Morgan fingerprint density at radius 2 is 0.643 bits per heavy atom. The molecule has 0 amide bonds. The summed E-state index contributed by atoms with van der Waals surface area (Å²) < 4.78 is 4.31. The second-order valence-electron chi connectivity index (χ2n) is 23.0. The van der Waals surface area contributed by atoms with E-state index in [1.54, 1.807) is 78.9 Å². The zero-order chi connectivity index (χ0) is 67.1. The summed E-state index contributed by atoms with van der Waals surface area (Å²) in [7, 11) is 0. The molecule has 0 aliphatic heterocycles. The van der Waals surface area contributed by atoms with Crippen LogP contribution in [0.15, 0.2) is 243 Å². The number of benzene rings is 12. The molecule has 98 heavy (non-hydrogen) atoms. The lowest BCUT2D eigenvalue weighted by Gasteiger charge is -2.20. The molecule has 0 atom stereocenters. The Morgan fingerprint density at radius 1 is 0.276 bits per heavy atom. The van der Waals surface area contributed by atoms with E-state index in [1.807, 2.05) is 158 Å². The first kappa shape index (κ1) is 59.0. The number of aromatic nitrogens is 5. The van der Waals surface area contributed by atoms with E-state index in [0.29, 0.717) is 118 Å². The van der Waals surface area contributed by atoms with Crippen molar-refractivity contribution in [2.24, 2.45) is 0 Å². The molecule has 0 spiro atoms. The van der Waals surface area contributed by atoms with Gasteiger partial charge in [0.2, 0.25) is 0 Å². The van der Waals surface area contributed by atoms with Gasteiger partial charge in [0.05, 0.1) is 118 Å². The summed E-state index contributed by atoms with van der Waals surface area (Å²) in [6.07, 6.45) is 0. The number of nitrogens with zero attached hydrogens (tertiary/aromatic N) is 14. The summed E-state index contributed by atoms with van der Waals surface area (Å²) in [5.41, 5.74) is 16.2. The SMILES string of the molecule is [C-]#[N+]c1ccc(-c2ccc3c(c2)c2cc(-c4ccc([N+]#[C-])cc4[N+]#[C-])ccc2n3-c2cc(C#N)ccc2-c2cc(-c3nc(-c4ccccc4)nc(-c4ccccc4)n3)ccc2-n2c3ccc(-c4ccc(C#N)cc4C#N)cc3c3cc(-c4ccc(C#N)cc4C#N)ccc32)c([N+]#[C-])c1. The minimum atomic E-state index is 0.310. The predicted octanol–water partition coefficient (Wildman–Crippen LogP) is 21.0. The van der Waals surface area contributed by atoms with Gasteiger partial charge < -0.3 is 9.13 Å². The van der Waals surface area contributed by atoms with E-state index in [9.17, 15) is 26.3 Å². The van der Waals surface area contributed by atoms with Gasteiger partial charge in [-0.1, -0.05) is 140 Å². The Morgan fingerprint density at radius 3 is 1.04 bits per heavy atom. The van der Waals surface area contributed by atoms with E-state index in [2.05, 4.69) is 64.9 Å². The molecule has 446 valence electrons. The van der Waals surface area contributed by atoms with Crippen molar-refractivity contribution < 1.29 is 0 Å². The van der Waals surface area contributed by atoms with Gasteiger partial charge in [0.1, 0.15) is 0 Å². The van der Waals surface area contributed by atoms with Crippen LogP contribution < -0.4 is 0 Å². The number of nitriles is 5. The highest BCUT2D eigenvalue weighted by molar-refractivity contribution is 6.15.